The molecular formula is C12H10N2O3. The van der Waals surface area contributed by atoms with E-state index in [4.69, 9.17) is 5.11 Å². The molecule has 0 aliphatic carbocycles. The standard InChI is InChI=1S/C12H10N2O3/c15-11(14-12(16)17)13-10-7-3-5-8-4-1-2-6-9(8)10/h1-7H,(H,16,17)(H2,13,14,15). The molecule has 0 unspecified atom stereocenters. The molecule has 5 heteroatoms. The lowest BCUT2D eigenvalue weighted by Crippen LogP contribution is -2.32. The molecule has 86 valence electrons. The Hall–Kier alpha value is -2.56. The lowest BCUT2D eigenvalue weighted by molar-refractivity contribution is 0.194. The molecule has 5 nitrogen and oxygen atoms in total. The number of fused-ring (bicyclic) bond motifs is 1. The van der Waals surface area contributed by atoms with Crippen molar-refractivity contribution in [2.45, 2.75) is 0 Å². The number of carbonyl (C=O) groups excluding carboxylic acids is 1. The van der Waals surface area contributed by atoms with Crippen LogP contribution in [-0.2, 0) is 0 Å². The number of amides is 3. The van der Waals surface area contributed by atoms with Crippen molar-refractivity contribution in [3.8, 4) is 0 Å². The Morgan fingerprint density at radius 2 is 1.71 bits per heavy atom. The summed E-state index contributed by atoms with van der Waals surface area (Å²) in [7, 11) is 0. The van der Waals surface area contributed by atoms with Gasteiger partial charge in [0.15, 0.2) is 0 Å². The predicted octanol–water partition coefficient (Wildman–Crippen LogP) is 2.64. The number of benzene rings is 2. The SMILES string of the molecule is O=C(O)NC(=O)Nc1cccc2ccccc12. The van der Waals surface area contributed by atoms with E-state index >= 15 is 0 Å². The van der Waals surface area contributed by atoms with Crippen LogP contribution in [0.3, 0.4) is 0 Å². The normalized spacial score (nSPS) is 9.88. The lowest BCUT2D eigenvalue weighted by atomic mass is 10.1. The summed E-state index contributed by atoms with van der Waals surface area (Å²) in [6.45, 7) is 0. The summed E-state index contributed by atoms with van der Waals surface area (Å²) in [6.07, 6.45) is -1.39. The van der Waals surface area contributed by atoms with E-state index in [9.17, 15) is 9.59 Å². The fourth-order valence-corrected chi connectivity index (χ4v) is 1.59. The maximum absolute atomic E-state index is 11.3. The third kappa shape index (κ3) is 2.52. The number of rotatable bonds is 1. The summed E-state index contributed by atoms with van der Waals surface area (Å²) < 4.78 is 0. The van der Waals surface area contributed by atoms with Gasteiger partial charge in [-0.15, -0.1) is 0 Å². The number of urea groups is 1. The molecule has 2 rings (SSSR count). The first-order valence-electron chi connectivity index (χ1n) is 4.95. The third-order valence-electron chi connectivity index (χ3n) is 2.26. The van der Waals surface area contributed by atoms with Crippen molar-refractivity contribution in [3.05, 3.63) is 42.5 Å². The van der Waals surface area contributed by atoms with E-state index in [1.54, 1.807) is 17.4 Å². The molecule has 2 aromatic carbocycles. The van der Waals surface area contributed by atoms with Gasteiger partial charge in [-0.05, 0) is 11.5 Å². The Morgan fingerprint density at radius 3 is 2.47 bits per heavy atom. The molecule has 0 saturated carbocycles. The van der Waals surface area contributed by atoms with Crippen LogP contribution in [0.5, 0.6) is 0 Å². The van der Waals surface area contributed by atoms with Crippen molar-refractivity contribution in [3.63, 3.8) is 0 Å². The number of carboxylic acid groups (broad SMARTS) is 1. The monoisotopic (exact) mass is 230 g/mol. The fraction of sp³-hybridized carbons (Fsp3) is 0. The molecule has 17 heavy (non-hydrogen) atoms. The quantitative estimate of drug-likeness (QED) is 0.704. The summed E-state index contributed by atoms with van der Waals surface area (Å²) in [4.78, 5) is 21.6. The van der Waals surface area contributed by atoms with Crippen molar-refractivity contribution >= 4 is 28.6 Å². The summed E-state index contributed by atoms with van der Waals surface area (Å²) in [6, 6.07) is 12.2. The Morgan fingerprint density at radius 1 is 1.00 bits per heavy atom. The molecule has 0 fully saturated rings. The zero-order chi connectivity index (χ0) is 12.3. The van der Waals surface area contributed by atoms with Crippen LogP contribution in [0.4, 0.5) is 15.3 Å². The maximum atomic E-state index is 11.3. The molecule has 0 aliphatic rings. The van der Waals surface area contributed by atoms with Gasteiger partial charge >= 0.3 is 12.1 Å². The average molecular weight is 230 g/mol. The third-order valence-corrected chi connectivity index (χ3v) is 2.26. The second-order valence-corrected chi connectivity index (χ2v) is 3.41. The molecule has 3 N–H and O–H groups in total. The van der Waals surface area contributed by atoms with E-state index in [0.717, 1.165) is 10.8 Å². The number of nitrogens with one attached hydrogen (secondary N) is 2. The van der Waals surface area contributed by atoms with Gasteiger partial charge in [0.2, 0.25) is 0 Å². The zero-order valence-electron chi connectivity index (χ0n) is 8.81. The Bertz CT molecular complexity index is 575. The van der Waals surface area contributed by atoms with Crippen LogP contribution >= 0.6 is 0 Å². The minimum Gasteiger partial charge on any atom is -0.465 e. The van der Waals surface area contributed by atoms with Crippen LogP contribution in [0.25, 0.3) is 10.8 Å². The summed E-state index contributed by atoms with van der Waals surface area (Å²) in [5, 5.41) is 14.4. The van der Waals surface area contributed by atoms with Crippen molar-refractivity contribution < 1.29 is 14.7 Å². The van der Waals surface area contributed by atoms with Gasteiger partial charge in [-0.2, -0.15) is 0 Å². The second-order valence-electron chi connectivity index (χ2n) is 3.41. The van der Waals surface area contributed by atoms with Crippen LogP contribution in [-0.4, -0.2) is 17.2 Å². The van der Waals surface area contributed by atoms with Crippen molar-refractivity contribution in [2.75, 3.05) is 5.32 Å². The van der Waals surface area contributed by atoms with E-state index in [1.165, 1.54) is 0 Å². The van der Waals surface area contributed by atoms with Gasteiger partial charge in [0, 0.05) is 5.39 Å². The number of imide groups is 1. The molecule has 0 aliphatic heterocycles. The number of hydrogen-bond acceptors (Lipinski definition) is 2. The molecule has 0 spiro atoms. The zero-order valence-corrected chi connectivity index (χ0v) is 8.81. The van der Waals surface area contributed by atoms with Gasteiger partial charge < -0.3 is 10.4 Å². The van der Waals surface area contributed by atoms with Crippen LogP contribution < -0.4 is 10.6 Å². The Kier molecular flexibility index (Phi) is 2.91. The van der Waals surface area contributed by atoms with Gasteiger partial charge in [0.25, 0.3) is 0 Å². The molecule has 3 amide bonds. The number of hydrogen-bond donors (Lipinski definition) is 3. The van der Waals surface area contributed by atoms with Gasteiger partial charge in [-0.3, -0.25) is 0 Å². The smallest absolute Gasteiger partial charge is 0.412 e. The molecule has 0 atom stereocenters. The lowest BCUT2D eigenvalue weighted by Gasteiger charge is -2.07. The molecule has 0 aromatic heterocycles. The Labute approximate surface area is 97.1 Å². The predicted molar refractivity (Wildman–Crippen MR) is 64.1 cm³/mol. The summed E-state index contributed by atoms with van der Waals surface area (Å²) in [5.41, 5.74) is 0.571. The molecule has 0 saturated heterocycles. The van der Waals surface area contributed by atoms with E-state index in [2.05, 4.69) is 5.32 Å². The molecule has 2 aromatic rings. The molecule has 0 radical (unpaired) electrons. The first kappa shape index (κ1) is 10.9. The van der Waals surface area contributed by atoms with Gasteiger partial charge in [-0.1, -0.05) is 36.4 Å². The maximum Gasteiger partial charge on any atom is 0.412 e. The fourth-order valence-electron chi connectivity index (χ4n) is 1.59. The van der Waals surface area contributed by atoms with Crippen molar-refractivity contribution in [1.29, 1.82) is 0 Å². The van der Waals surface area contributed by atoms with Crippen molar-refractivity contribution in [2.24, 2.45) is 0 Å². The van der Waals surface area contributed by atoms with Gasteiger partial charge in [-0.25, -0.2) is 14.9 Å². The number of carbonyl (C=O) groups is 2. The summed E-state index contributed by atoms with van der Waals surface area (Å²) >= 11 is 0. The topological polar surface area (TPSA) is 78.4 Å². The first-order valence-corrected chi connectivity index (χ1v) is 4.95. The highest BCUT2D eigenvalue weighted by atomic mass is 16.4. The van der Waals surface area contributed by atoms with E-state index in [0.29, 0.717) is 5.69 Å². The van der Waals surface area contributed by atoms with E-state index < -0.39 is 12.1 Å². The molecular weight excluding hydrogens is 220 g/mol. The first-order chi connectivity index (χ1) is 8.16. The van der Waals surface area contributed by atoms with Crippen LogP contribution in [0.15, 0.2) is 42.5 Å². The second kappa shape index (κ2) is 4.52. The highest BCUT2D eigenvalue weighted by molar-refractivity contribution is 6.04. The minimum atomic E-state index is -1.39. The summed E-state index contributed by atoms with van der Waals surface area (Å²) in [5.74, 6) is 0. The average Bonchev–Trinajstić information content (AvgIpc) is 2.28. The highest BCUT2D eigenvalue weighted by Crippen LogP contribution is 2.22. The van der Waals surface area contributed by atoms with Crippen LogP contribution in [0, 0.1) is 0 Å². The van der Waals surface area contributed by atoms with E-state index in [-0.39, 0.29) is 0 Å². The Balaban J connectivity index is 2.30. The highest BCUT2D eigenvalue weighted by Gasteiger charge is 2.07. The van der Waals surface area contributed by atoms with E-state index in [1.807, 2.05) is 30.3 Å². The number of anilines is 1. The largest absolute Gasteiger partial charge is 0.465 e. The van der Waals surface area contributed by atoms with Gasteiger partial charge in [0.05, 0.1) is 5.69 Å². The van der Waals surface area contributed by atoms with Crippen LogP contribution in [0.2, 0.25) is 0 Å². The molecule has 0 bridgehead atoms. The van der Waals surface area contributed by atoms with Gasteiger partial charge in [0.1, 0.15) is 0 Å². The van der Waals surface area contributed by atoms with Crippen molar-refractivity contribution in [1.82, 2.24) is 5.32 Å². The van der Waals surface area contributed by atoms with Crippen LogP contribution in [0.1, 0.15) is 0 Å². The molecule has 0 heterocycles. The minimum absolute atomic E-state index is 0.571.